The zero-order chi connectivity index (χ0) is 15.4. The molecule has 7 nitrogen and oxygen atoms in total. The number of likely N-dealkylation sites (N-methyl/N-ethyl adjacent to an activating group) is 1. The summed E-state index contributed by atoms with van der Waals surface area (Å²) in [6.07, 6.45) is 2.33. The normalized spacial score (nSPS) is 18.0. The first-order chi connectivity index (χ1) is 9.95. The number of nitrogens with zero attached hydrogens (tertiary/aromatic N) is 3. The predicted molar refractivity (Wildman–Crippen MR) is 78.3 cm³/mol. The Hall–Kier alpha value is -2.15. The molecule has 0 bridgehead atoms. The highest BCUT2D eigenvalue weighted by Crippen LogP contribution is 2.15. The summed E-state index contributed by atoms with van der Waals surface area (Å²) < 4.78 is 0. The quantitative estimate of drug-likeness (QED) is 0.860. The molecule has 1 aliphatic rings. The minimum atomic E-state index is -0.925. The maximum atomic E-state index is 12.1. The molecule has 0 aromatic carbocycles. The molecule has 2 N–H and O–H groups in total. The second kappa shape index (κ2) is 6.53. The summed E-state index contributed by atoms with van der Waals surface area (Å²) in [4.78, 5) is 30.6. The van der Waals surface area contributed by atoms with E-state index in [1.165, 1.54) is 6.20 Å². The van der Waals surface area contributed by atoms with Crippen LogP contribution >= 0.6 is 0 Å². The fourth-order valence-corrected chi connectivity index (χ4v) is 2.31. The van der Waals surface area contributed by atoms with Crippen LogP contribution in [0.3, 0.4) is 0 Å². The lowest BCUT2D eigenvalue weighted by Crippen LogP contribution is -2.36. The summed E-state index contributed by atoms with van der Waals surface area (Å²) in [5.74, 6) is -0.925. The summed E-state index contributed by atoms with van der Waals surface area (Å²) in [7, 11) is 4.02. The van der Waals surface area contributed by atoms with E-state index in [0.29, 0.717) is 24.0 Å². The molecule has 0 radical (unpaired) electrons. The third kappa shape index (κ3) is 4.16. The molecule has 1 aliphatic heterocycles. The summed E-state index contributed by atoms with van der Waals surface area (Å²) in [5, 5.41) is 11.5. The monoisotopic (exact) mass is 292 g/mol. The van der Waals surface area contributed by atoms with Crippen molar-refractivity contribution in [1.29, 1.82) is 0 Å². The van der Waals surface area contributed by atoms with Crippen LogP contribution in [0.1, 0.15) is 12.1 Å². The smallest absolute Gasteiger partial charge is 0.321 e. The van der Waals surface area contributed by atoms with Gasteiger partial charge in [-0.1, -0.05) is 0 Å². The Morgan fingerprint density at radius 1 is 1.48 bits per heavy atom. The van der Waals surface area contributed by atoms with E-state index in [-0.39, 0.29) is 12.5 Å². The van der Waals surface area contributed by atoms with Gasteiger partial charge in [0.05, 0.1) is 24.0 Å². The van der Waals surface area contributed by atoms with E-state index in [1.807, 2.05) is 14.1 Å². The van der Waals surface area contributed by atoms with Crippen molar-refractivity contribution in [2.75, 3.05) is 32.5 Å². The highest BCUT2D eigenvalue weighted by molar-refractivity contribution is 5.89. The number of urea groups is 1. The molecule has 1 aromatic heterocycles. The number of hydrogen-bond donors (Lipinski definition) is 2. The highest BCUT2D eigenvalue weighted by atomic mass is 16.4. The van der Waals surface area contributed by atoms with Crippen molar-refractivity contribution in [2.45, 2.75) is 18.9 Å². The lowest BCUT2D eigenvalue weighted by atomic mass is 10.2. The van der Waals surface area contributed by atoms with Crippen LogP contribution in [0, 0.1) is 0 Å². The Labute approximate surface area is 123 Å². The summed E-state index contributed by atoms with van der Waals surface area (Å²) >= 11 is 0. The number of aliphatic carboxylic acids is 1. The largest absolute Gasteiger partial charge is 0.481 e. The van der Waals surface area contributed by atoms with Crippen LogP contribution in [0.25, 0.3) is 0 Å². The SMILES string of the molecule is CN(C)C1CCN(C(=O)Nc2ccc(CC(=O)O)nc2)C1. The zero-order valence-electron chi connectivity index (χ0n) is 12.2. The molecule has 1 atom stereocenters. The van der Waals surface area contributed by atoms with Crippen LogP contribution in [0.4, 0.5) is 10.5 Å². The number of hydrogen-bond acceptors (Lipinski definition) is 4. The van der Waals surface area contributed by atoms with Crippen LogP contribution in [0.15, 0.2) is 18.3 Å². The minimum Gasteiger partial charge on any atom is -0.481 e. The van der Waals surface area contributed by atoms with E-state index in [4.69, 9.17) is 5.11 Å². The Bertz CT molecular complexity index is 515. The first-order valence-corrected chi connectivity index (χ1v) is 6.85. The number of likely N-dealkylation sites (tertiary alicyclic amines) is 1. The molecular weight excluding hydrogens is 272 g/mol. The fourth-order valence-electron chi connectivity index (χ4n) is 2.31. The first kappa shape index (κ1) is 15.2. The molecule has 2 amide bonds. The molecule has 0 aliphatic carbocycles. The first-order valence-electron chi connectivity index (χ1n) is 6.85. The van der Waals surface area contributed by atoms with Crippen molar-refractivity contribution in [1.82, 2.24) is 14.8 Å². The summed E-state index contributed by atoms with van der Waals surface area (Å²) in [5.41, 5.74) is 1.04. The van der Waals surface area contributed by atoms with E-state index < -0.39 is 5.97 Å². The molecule has 114 valence electrons. The molecule has 2 heterocycles. The van der Waals surface area contributed by atoms with Gasteiger partial charge in [-0.15, -0.1) is 0 Å². The lowest BCUT2D eigenvalue weighted by molar-refractivity contribution is -0.136. The van der Waals surface area contributed by atoms with Gasteiger partial charge in [0, 0.05) is 19.1 Å². The average Bonchev–Trinajstić information content (AvgIpc) is 2.90. The predicted octanol–water partition coefficient (Wildman–Crippen LogP) is 0.876. The molecule has 1 unspecified atom stereocenters. The number of carboxylic acid groups (broad SMARTS) is 1. The van der Waals surface area contributed by atoms with Crippen molar-refractivity contribution in [3.05, 3.63) is 24.0 Å². The van der Waals surface area contributed by atoms with Crippen LogP contribution in [-0.2, 0) is 11.2 Å². The topological polar surface area (TPSA) is 85.8 Å². The maximum absolute atomic E-state index is 12.1. The van der Waals surface area contributed by atoms with Gasteiger partial charge >= 0.3 is 12.0 Å². The van der Waals surface area contributed by atoms with Gasteiger partial charge in [0.1, 0.15) is 0 Å². The van der Waals surface area contributed by atoms with E-state index in [0.717, 1.165) is 13.0 Å². The average molecular weight is 292 g/mol. The van der Waals surface area contributed by atoms with Crippen LogP contribution in [0.5, 0.6) is 0 Å². The maximum Gasteiger partial charge on any atom is 0.321 e. The second-order valence-corrected chi connectivity index (χ2v) is 5.39. The Morgan fingerprint density at radius 2 is 2.24 bits per heavy atom. The van der Waals surface area contributed by atoms with E-state index >= 15 is 0 Å². The number of carbonyl (C=O) groups excluding carboxylic acids is 1. The van der Waals surface area contributed by atoms with Gasteiger partial charge in [0.15, 0.2) is 0 Å². The van der Waals surface area contributed by atoms with Crippen molar-refractivity contribution in [2.24, 2.45) is 0 Å². The van der Waals surface area contributed by atoms with Crippen molar-refractivity contribution >= 4 is 17.7 Å². The minimum absolute atomic E-state index is 0.120. The van der Waals surface area contributed by atoms with Gasteiger partial charge in [-0.25, -0.2) is 4.79 Å². The number of anilines is 1. The molecule has 1 fully saturated rings. The third-order valence-electron chi connectivity index (χ3n) is 3.59. The van der Waals surface area contributed by atoms with Crippen LogP contribution in [-0.4, -0.2) is 65.1 Å². The third-order valence-corrected chi connectivity index (χ3v) is 3.59. The second-order valence-electron chi connectivity index (χ2n) is 5.39. The standard InChI is InChI=1S/C14H20N4O3/c1-17(2)12-5-6-18(9-12)14(21)16-11-4-3-10(15-8-11)7-13(19)20/h3-4,8,12H,5-7,9H2,1-2H3,(H,16,21)(H,19,20). The van der Waals surface area contributed by atoms with Gasteiger partial charge in [-0.3, -0.25) is 9.78 Å². The Balaban J connectivity index is 1.89. The summed E-state index contributed by atoms with van der Waals surface area (Å²) in [6.45, 7) is 1.45. The van der Waals surface area contributed by atoms with Crippen LogP contribution < -0.4 is 5.32 Å². The van der Waals surface area contributed by atoms with Gasteiger partial charge in [0.2, 0.25) is 0 Å². The number of nitrogens with one attached hydrogen (secondary N) is 1. The van der Waals surface area contributed by atoms with Crippen molar-refractivity contribution < 1.29 is 14.7 Å². The molecule has 0 saturated carbocycles. The number of carboxylic acids is 1. The van der Waals surface area contributed by atoms with Gasteiger partial charge < -0.3 is 20.2 Å². The van der Waals surface area contributed by atoms with Gasteiger partial charge in [0.25, 0.3) is 0 Å². The number of carbonyl (C=O) groups is 2. The summed E-state index contributed by atoms with van der Waals surface area (Å²) in [6, 6.07) is 3.53. The fraction of sp³-hybridized carbons (Fsp3) is 0.500. The molecule has 0 spiro atoms. The Kier molecular flexibility index (Phi) is 4.74. The molecular formula is C14H20N4O3. The molecule has 7 heteroatoms. The number of rotatable bonds is 4. The molecule has 21 heavy (non-hydrogen) atoms. The number of amides is 2. The van der Waals surface area contributed by atoms with Crippen LogP contribution in [0.2, 0.25) is 0 Å². The molecule has 1 aromatic rings. The van der Waals surface area contributed by atoms with E-state index in [1.54, 1.807) is 17.0 Å². The van der Waals surface area contributed by atoms with E-state index in [9.17, 15) is 9.59 Å². The van der Waals surface area contributed by atoms with Gasteiger partial charge in [-0.05, 0) is 32.6 Å². The lowest BCUT2D eigenvalue weighted by Gasteiger charge is -2.20. The van der Waals surface area contributed by atoms with Crippen molar-refractivity contribution in [3.63, 3.8) is 0 Å². The molecule has 2 rings (SSSR count). The molecule has 1 saturated heterocycles. The number of pyridine rings is 1. The van der Waals surface area contributed by atoms with E-state index in [2.05, 4.69) is 15.2 Å². The zero-order valence-corrected chi connectivity index (χ0v) is 12.2. The van der Waals surface area contributed by atoms with Gasteiger partial charge in [-0.2, -0.15) is 0 Å². The number of aromatic nitrogens is 1. The Morgan fingerprint density at radius 3 is 2.76 bits per heavy atom. The van der Waals surface area contributed by atoms with Crippen molar-refractivity contribution in [3.8, 4) is 0 Å². The highest BCUT2D eigenvalue weighted by Gasteiger charge is 2.27.